The number of para-hydroxylation sites is 1. The molecule has 0 saturated heterocycles. The molecule has 2 aromatic carbocycles. The number of rotatable bonds is 6. The molecule has 0 aliphatic carbocycles. The molecule has 5 nitrogen and oxygen atoms in total. The third kappa shape index (κ3) is 3.63. The highest BCUT2D eigenvalue weighted by Crippen LogP contribution is 2.21. The van der Waals surface area contributed by atoms with Crippen molar-refractivity contribution < 1.29 is 14.6 Å². The van der Waals surface area contributed by atoms with Gasteiger partial charge in [0, 0.05) is 11.3 Å². The maximum absolute atomic E-state index is 11.0. The third-order valence-corrected chi connectivity index (χ3v) is 3.73. The Balaban J connectivity index is 1.78. The molecule has 5 heteroatoms. The van der Waals surface area contributed by atoms with E-state index in [0.717, 1.165) is 22.6 Å². The van der Waals surface area contributed by atoms with Gasteiger partial charge < -0.3 is 9.84 Å². The topological polar surface area (TPSA) is 64.3 Å². The molecular formula is C19H18N2O3. The molecule has 24 heavy (non-hydrogen) atoms. The van der Waals surface area contributed by atoms with Crippen molar-refractivity contribution in [3.05, 3.63) is 83.2 Å². The zero-order valence-electron chi connectivity index (χ0n) is 13.3. The van der Waals surface area contributed by atoms with Crippen molar-refractivity contribution in [3.63, 3.8) is 0 Å². The van der Waals surface area contributed by atoms with Gasteiger partial charge in [-0.05, 0) is 24.6 Å². The van der Waals surface area contributed by atoms with E-state index in [0.29, 0.717) is 13.2 Å². The Morgan fingerprint density at radius 3 is 2.54 bits per heavy atom. The molecule has 0 bridgehead atoms. The molecule has 122 valence electrons. The average molecular weight is 322 g/mol. The summed E-state index contributed by atoms with van der Waals surface area (Å²) < 4.78 is 7.61. The van der Waals surface area contributed by atoms with Gasteiger partial charge in [-0.2, -0.15) is 5.10 Å². The molecule has 0 amide bonds. The molecule has 0 aliphatic heterocycles. The van der Waals surface area contributed by atoms with E-state index in [2.05, 4.69) is 5.10 Å². The summed E-state index contributed by atoms with van der Waals surface area (Å²) in [4.78, 5) is 11.0. The van der Waals surface area contributed by atoms with Crippen molar-refractivity contribution in [1.29, 1.82) is 0 Å². The maximum Gasteiger partial charge on any atom is 0.356 e. The quantitative estimate of drug-likeness (QED) is 0.754. The summed E-state index contributed by atoms with van der Waals surface area (Å²) in [5, 5.41) is 13.2. The van der Waals surface area contributed by atoms with E-state index in [9.17, 15) is 4.79 Å². The van der Waals surface area contributed by atoms with E-state index in [-0.39, 0.29) is 5.69 Å². The van der Waals surface area contributed by atoms with Crippen LogP contribution in [0, 0.1) is 6.92 Å². The normalized spacial score (nSPS) is 10.5. The van der Waals surface area contributed by atoms with Gasteiger partial charge in [0.15, 0.2) is 5.69 Å². The van der Waals surface area contributed by atoms with Crippen molar-refractivity contribution in [1.82, 2.24) is 9.78 Å². The van der Waals surface area contributed by atoms with Crippen LogP contribution in [0.3, 0.4) is 0 Å². The molecule has 1 heterocycles. The summed E-state index contributed by atoms with van der Waals surface area (Å²) in [5.41, 5.74) is 2.90. The van der Waals surface area contributed by atoms with Gasteiger partial charge in [-0.25, -0.2) is 4.79 Å². The lowest BCUT2D eigenvalue weighted by Crippen LogP contribution is -2.07. The fourth-order valence-electron chi connectivity index (χ4n) is 2.45. The lowest BCUT2D eigenvalue weighted by atomic mass is 10.2. The van der Waals surface area contributed by atoms with Crippen molar-refractivity contribution in [2.24, 2.45) is 0 Å². The highest BCUT2D eigenvalue weighted by molar-refractivity contribution is 5.85. The number of benzene rings is 2. The Kier molecular flexibility index (Phi) is 4.61. The Hall–Kier alpha value is -3.08. The summed E-state index contributed by atoms with van der Waals surface area (Å²) in [5.74, 6) is -0.251. The van der Waals surface area contributed by atoms with Crippen LogP contribution in [-0.2, 0) is 13.2 Å². The molecule has 0 saturated carbocycles. The van der Waals surface area contributed by atoms with E-state index in [1.807, 2.05) is 61.5 Å². The van der Waals surface area contributed by atoms with Crippen LogP contribution in [0.5, 0.6) is 5.75 Å². The predicted octanol–water partition coefficient (Wildman–Crippen LogP) is 3.52. The molecule has 0 aliphatic rings. The SMILES string of the molecule is Cc1cc(C(=O)O)nn1Cc1ccccc1OCc1ccccc1. The minimum Gasteiger partial charge on any atom is -0.489 e. The zero-order valence-corrected chi connectivity index (χ0v) is 13.3. The van der Waals surface area contributed by atoms with Gasteiger partial charge in [0.05, 0.1) is 6.54 Å². The monoisotopic (exact) mass is 322 g/mol. The van der Waals surface area contributed by atoms with E-state index in [1.165, 1.54) is 0 Å². The van der Waals surface area contributed by atoms with Gasteiger partial charge in [-0.15, -0.1) is 0 Å². The van der Waals surface area contributed by atoms with Crippen LogP contribution in [0.4, 0.5) is 0 Å². The Labute approximate surface area is 140 Å². The first kappa shape index (κ1) is 15.8. The number of aromatic carboxylic acids is 1. The van der Waals surface area contributed by atoms with Crippen LogP contribution in [0.25, 0.3) is 0 Å². The van der Waals surface area contributed by atoms with Crippen LogP contribution in [0.1, 0.15) is 27.3 Å². The number of ether oxygens (including phenoxy) is 1. The number of hydrogen-bond donors (Lipinski definition) is 1. The molecule has 1 aromatic heterocycles. The highest BCUT2D eigenvalue weighted by Gasteiger charge is 2.12. The molecular weight excluding hydrogens is 304 g/mol. The summed E-state index contributed by atoms with van der Waals surface area (Å²) in [6, 6.07) is 19.2. The first-order chi connectivity index (χ1) is 11.6. The van der Waals surface area contributed by atoms with Crippen LogP contribution >= 0.6 is 0 Å². The number of hydrogen-bond acceptors (Lipinski definition) is 3. The largest absolute Gasteiger partial charge is 0.489 e. The van der Waals surface area contributed by atoms with Gasteiger partial charge in [-0.3, -0.25) is 4.68 Å². The number of carboxylic acid groups (broad SMARTS) is 1. The third-order valence-electron chi connectivity index (χ3n) is 3.73. The maximum atomic E-state index is 11.0. The zero-order chi connectivity index (χ0) is 16.9. The van der Waals surface area contributed by atoms with Crippen LogP contribution in [-0.4, -0.2) is 20.9 Å². The molecule has 0 unspecified atom stereocenters. The smallest absolute Gasteiger partial charge is 0.356 e. The van der Waals surface area contributed by atoms with E-state index in [1.54, 1.807) is 10.7 Å². The van der Waals surface area contributed by atoms with Crippen molar-refractivity contribution in [2.75, 3.05) is 0 Å². The minimum atomic E-state index is -1.02. The first-order valence-corrected chi connectivity index (χ1v) is 7.66. The van der Waals surface area contributed by atoms with Crippen molar-refractivity contribution >= 4 is 5.97 Å². The van der Waals surface area contributed by atoms with E-state index in [4.69, 9.17) is 9.84 Å². The van der Waals surface area contributed by atoms with Crippen LogP contribution in [0.2, 0.25) is 0 Å². The van der Waals surface area contributed by atoms with Crippen LogP contribution in [0.15, 0.2) is 60.7 Å². The predicted molar refractivity (Wildman–Crippen MR) is 90.2 cm³/mol. The first-order valence-electron chi connectivity index (χ1n) is 7.66. The number of aromatic nitrogens is 2. The lowest BCUT2D eigenvalue weighted by molar-refractivity contribution is 0.0689. The fraction of sp³-hybridized carbons (Fsp3) is 0.158. The van der Waals surface area contributed by atoms with E-state index < -0.39 is 5.97 Å². The molecule has 3 rings (SSSR count). The minimum absolute atomic E-state index is 0.0511. The fourth-order valence-corrected chi connectivity index (χ4v) is 2.45. The summed E-state index contributed by atoms with van der Waals surface area (Å²) >= 11 is 0. The Morgan fingerprint density at radius 1 is 1.12 bits per heavy atom. The molecule has 0 spiro atoms. The average Bonchev–Trinajstić information content (AvgIpc) is 2.96. The second-order valence-corrected chi connectivity index (χ2v) is 5.52. The standard InChI is InChI=1S/C19H18N2O3/c1-14-11-17(19(22)23)20-21(14)12-16-9-5-6-10-18(16)24-13-15-7-3-2-4-8-15/h2-11H,12-13H2,1H3,(H,22,23). The number of carboxylic acids is 1. The summed E-state index contributed by atoms with van der Waals surface area (Å²) in [6.45, 7) is 2.78. The van der Waals surface area contributed by atoms with Gasteiger partial charge in [-0.1, -0.05) is 48.5 Å². The number of nitrogens with zero attached hydrogens (tertiary/aromatic N) is 2. The molecule has 3 aromatic rings. The summed E-state index contributed by atoms with van der Waals surface area (Å²) in [6.07, 6.45) is 0. The van der Waals surface area contributed by atoms with Gasteiger partial charge in [0.1, 0.15) is 12.4 Å². The second kappa shape index (κ2) is 7.00. The Bertz CT molecular complexity index is 841. The van der Waals surface area contributed by atoms with Crippen molar-refractivity contribution in [3.8, 4) is 5.75 Å². The number of aryl methyl sites for hydroxylation is 1. The van der Waals surface area contributed by atoms with Crippen LogP contribution < -0.4 is 4.74 Å². The molecule has 0 radical (unpaired) electrons. The molecule has 0 atom stereocenters. The molecule has 1 N–H and O–H groups in total. The number of carbonyl (C=O) groups is 1. The lowest BCUT2D eigenvalue weighted by Gasteiger charge is -2.12. The summed E-state index contributed by atoms with van der Waals surface area (Å²) in [7, 11) is 0. The van der Waals surface area contributed by atoms with Gasteiger partial charge in [0.25, 0.3) is 0 Å². The Morgan fingerprint density at radius 2 is 1.83 bits per heavy atom. The molecule has 0 fully saturated rings. The van der Waals surface area contributed by atoms with Gasteiger partial charge >= 0.3 is 5.97 Å². The van der Waals surface area contributed by atoms with Crippen molar-refractivity contribution in [2.45, 2.75) is 20.1 Å². The second-order valence-electron chi connectivity index (χ2n) is 5.52. The van der Waals surface area contributed by atoms with E-state index >= 15 is 0 Å². The highest BCUT2D eigenvalue weighted by atomic mass is 16.5. The van der Waals surface area contributed by atoms with Gasteiger partial charge in [0.2, 0.25) is 0 Å².